The van der Waals surface area contributed by atoms with Crippen molar-refractivity contribution in [2.24, 2.45) is 0 Å². The van der Waals surface area contributed by atoms with Crippen molar-refractivity contribution in [3.63, 3.8) is 0 Å². The van der Waals surface area contributed by atoms with E-state index in [0.29, 0.717) is 11.9 Å². The van der Waals surface area contributed by atoms with Gasteiger partial charge in [-0.15, -0.1) is 5.10 Å². The zero-order valence-electron chi connectivity index (χ0n) is 10.5. The molecule has 0 aliphatic carbocycles. The Balaban J connectivity index is 1.98. The lowest BCUT2D eigenvalue weighted by molar-refractivity contribution is 0.874. The summed E-state index contributed by atoms with van der Waals surface area (Å²) in [5, 5.41) is 8.18. The molecular formula is C12H14N6S. The molecule has 0 saturated heterocycles. The molecule has 0 aliphatic rings. The highest BCUT2D eigenvalue weighted by Gasteiger charge is 2.12. The highest BCUT2D eigenvalue weighted by molar-refractivity contribution is 7.20. The van der Waals surface area contributed by atoms with Crippen molar-refractivity contribution in [2.75, 3.05) is 17.6 Å². The second kappa shape index (κ2) is 4.85. The molecule has 98 valence electrons. The molecule has 1 aromatic carbocycles. The number of rotatable bonds is 4. The largest absolute Gasteiger partial charge is 0.368 e. The zero-order chi connectivity index (χ0) is 13.2. The molecule has 0 radical (unpaired) electrons. The smallest absolute Gasteiger partial charge is 0.244 e. The van der Waals surface area contributed by atoms with E-state index in [1.54, 1.807) is 16.0 Å². The van der Waals surface area contributed by atoms with Gasteiger partial charge in [0.1, 0.15) is 0 Å². The monoisotopic (exact) mass is 274 g/mol. The summed E-state index contributed by atoms with van der Waals surface area (Å²) < 4.78 is 2.68. The molecule has 19 heavy (non-hydrogen) atoms. The summed E-state index contributed by atoms with van der Waals surface area (Å²) in [4.78, 5) is 8.69. The molecule has 0 unspecified atom stereocenters. The number of anilines is 2. The van der Waals surface area contributed by atoms with Crippen molar-refractivity contribution in [1.82, 2.24) is 19.7 Å². The van der Waals surface area contributed by atoms with Crippen LogP contribution in [0.4, 0.5) is 11.9 Å². The van der Waals surface area contributed by atoms with Crippen LogP contribution >= 0.6 is 11.3 Å². The molecule has 2 heterocycles. The standard InChI is InChI=1S/C12H14N6S/c1-2-7-14-11-16-10(13)18(17-11)12-15-8-5-3-4-6-9(8)19-12/h3-6H,2,7H2,1H3,(H3,13,14,16,17). The summed E-state index contributed by atoms with van der Waals surface area (Å²) in [7, 11) is 0. The summed E-state index contributed by atoms with van der Waals surface area (Å²) in [6, 6.07) is 7.95. The van der Waals surface area contributed by atoms with Crippen LogP contribution in [0.3, 0.4) is 0 Å². The van der Waals surface area contributed by atoms with Gasteiger partial charge in [0, 0.05) is 6.54 Å². The third-order valence-electron chi connectivity index (χ3n) is 2.63. The fourth-order valence-corrected chi connectivity index (χ4v) is 2.65. The highest BCUT2D eigenvalue weighted by atomic mass is 32.1. The molecule has 2 aromatic heterocycles. The van der Waals surface area contributed by atoms with Crippen LogP contribution in [0.15, 0.2) is 24.3 Å². The first-order valence-corrected chi connectivity index (χ1v) is 6.92. The minimum atomic E-state index is 0.345. The highest BCUT2D eigenvalue weighted by Crippen LogP contribution is 2.25. The maximum Gasteiger partial charge on any atom is 0.244 e. The van der Waals surface area contributed by atoms with E-state index in [-0.39, 0.29) is 0 Å². The van der Waals surface area contributed by atoms with Gasteiger partial charge in [0.2, 0.25) is 17.0 Å². The number of nitrogens with zero attached hydrogens (tertiary/aromatic N) is 4. The number of thiazole rings is 1. The Kier molecular flexibility index (Phi) is 3.04. The van der Waals surface area contributed by atoms with Crippen LogP contribution in [-0.2, 0) is 0 Å². The molecule has 3 N–H and O–H groups in total. The number of nitrogens with one attached hydrogen (secondary N) is 1. The number of aromatic nitrogens is 4. The van der Waals surface area contributed by atoms with Gasteiger partial charge in [-0.25, -0.2) is 4.98 Å². The van der Waals surface area contributed by atoms with E-state index < -0.39 is 0 Å². The third-order valence-corrected chi connectivity index (χ3v) is 3.64. The van der Waals surface area contributed by atoms with E-state index in [1.165, 1.54) is 0 Å². The quantitative estimate of drug-likeness (QED) is 0.762. The Morgan fingerprint density at radius 3 is 2.95 bits per heavy atom. The van der Waals surface area contributed by atoms with E-state index in [0.717, 1.165) is 28.3 Å². The van der Waals surface area contributed by atoms with Gasteiger partial charge in [-0.05, 0) is 18.6 Å². The van der Waals surface area contributed by atoms with Crippen LogP contribution in [0.1, 0.15) is 13.3 Å². The Bertz CT molecular complexity index is 668. The average Bonchev–Trinajstić information content (AvgIpc) is 2.99. The molecule has 0 bridgehead atoms. The maximum atomic E-state index is 5.88. The van der Waals surface area contributed by atoms with Crippen molar-refractivity contribution < 1.29 is 0 Å². The number of benzene rings is 1. The van der Waals surface area contributed by atoms with Crippen LogP contribution in [0.25, 0.3) is 15.3 Å². The number of fused-ring (bicyclic) bond motifs is 1. The molecule has 0 amide bonds. The topological polar surface area (TPSA) is 81.6 Å². The first kappa shape index (κ1) is 11.9. The third kappa shape index (κ3) is 2.24. The van der Waals surface area contributed by atoms with Crippen molar-refractivity contribution >= 4 is 33.5 Å². The van der Waals surface area contributed by atoms with Gasteiger partial charge >= 0.3 is 0 Å². The van der Waals surface area contributed by atoms with Gasteiger partial charge in [-0.1, -0.05) is 30.4 Å². The van der Waals surface area contributed by atoms with Crippen molar-refractivity contribution in [3.8, 4) is 5.13 Å². The predicted molar refractivity (Wildman–Crippen MR) is 77.7 cm³/mol. The van der Waals surface area contributed by atoms with Crippen LogP contribution < -0.4 is 11.1 Å². The maximum absolute atomic E-state index is 5.88. The molecule has 0 aliphatic heterocycles. The SMILES string of the molecule is CCCNc1nc(N)n(-c2nc3ccccc3s2)n1. The number of hydrogen-bond acceptors (Lipinski definition) is 6. The van der Waals surface area contributed by atoms with E-state index in [4.69, 9.17) is 5.73 Å². The van der Waals surface area contributed by atoms with Gasteiger partial charge in [0.05, 0.1) is 10.2 Å². The summed E-state index contributed by atoms with van der Waals surface area (Å²) >= 11 is 1.54. The summed E-state index contributed by atoms with van der Waals surface area (Å²) in [6.07, 6.45) is 1.01. The van der Waals surface area contributed by atoms with Gasteiger partial charge in [0.25, 0.3) is 0 Å². The molecule has 0 saturated carbocycles. The first-order valence-electron chi connectivity index (χ1n) is 6.10. The number of nitrogens with two attached hydrogens (primary N) is 1. The second-order valence-corrected chi connectivity index (χ2v) is 5.11. The van der Waals surface area contributed by atoms with Gasteiger partial charge in [-0.3, -0.25) is 0 Å². The van der Waals surface area contributed by atoms with E-state index in [1.807, 2.05) is 24.3 Å². The summed E-state index contributed by atoms with van der Waals surface area (Å²) in [5.41, 5.74) is 6.83. The fraction of sp³-hybridized carbons (Fsp3) is 0.250. The van der Waals surface area contributed by atoms with Crippen LogP contribution in [0.5, 0.6) is 0 Å². The predicted octanol–water partition coefficient (Wildman–Crippen LogP) is 2.28. The normalized spacial score (nSPS) is 11.0. The minimum Gasteiger partial charge on any atom is -0.368 e. The van der Waals surface area contributed by atoms with Crippen LogP contribution in [-0.4, -0.2) is 26.3 Å². The molecule has 0 atom stereocenters. The molecule has 7 heteroatoms. The van der Waals surface area contributed by atoms with Crippen molar-refractivity contribution in [1.29, 1.82) is 0 Å². The summed E-state index contributed by atoms with van der Waals surface area (Å²) in [5.74, 6) is 0.885. The molecular weight excluding hydrogens is 260 g/mol. The Labute approximate surface area is 114 Å². The molecule has 6 nitrogen and oxygen atoms in total. The van der Waals surface area contributed by atoms with Crippen LogP contribution in [0.2, 0.25) is 0 Å². The van der Waals surface area contributed by atoms with Crippen molar-refractivity contribution in [2.45, 2.75) is 13.3 Å². The van der Waals surface area contributed by atoms with E-state index >= 15 is 0 Å². The summed E-state index contributed by atoms with van der Waals surface area (Å²) in [6.45, 7) is 2.91. The molecule has 3 aromatic rings. The first-order chi connectivity index (χ1) is 9.28. The Morgan fingerprint density at radius 2 is 2.16 bits per heavy atom. The molecule has 0 fully saturated rings. The molecule has 3 rings (SSSR count). The number of hydrogen-bond donors (Lipinski definition) is 2. The average molecular weight is 274 g/mol. The molecule has 0 spiro atoms. The van der Waals surface area contributed by atoms with Crippen LogP contribution in [0, 0.1) is 0 Å². The van der Waals surface area contributed by atoms with Gasteiger partial charge in [0.15, 0.2) is 0 Å². The van der Waals surface area contributed by atoms with E-state index in [9.17, 15) is 0 Å². The zero-order valence-corrected chi connectivity index (χ0v) is 11.3. The van der Waals surface area contributed by atoms with Gasteiger partial charge < -0.3 is 11.1 Å². The lowest BCUT2D eigenvalue weighted by Gasteiger charge is -1.96. The Morgan fingerprint density at radius 1 is 1.32 bits per heavy atom. The van der Waals surface area contributed by atoms with Gasteiger partial charge in [-0.2, -0.15) is 9.67 Å². The Hall–Kier alpha value is -2.15. The minimum absolute atomic E-state index is 0.345. The number of nitrogen functional groups attached to an aromatic ring is 1. The second-order valence-electron chi connectivity index (χ2n) is 4.10. The number of para-hydroxylation sites is 1. The van der Waals surface area contributed by atoms with E-state index in [2.05, 4.69) is 27.3 Å². The van der Waals surface area contributed by atoms with Crippen molar-refractivity contribution in [3.05, 3.63) is 24.3 Å². The lowest BCUT2D eigenvalue weighted by Crippen LogP contribution is -2.03. The fourth-order valence-electron chi connectivity index (χ4n) is 1.73. The lowest BCUT2D eigenvalue weighted by atomic mass is 10.3.